The highest BCUT2D eigenvalue weighted by atomic mass is 16.5. The van der Waals surface area contributed by atoms with E-state index in [2.05, 4.69) is 111 Å². The first-order chi connectivity index (χ1) is 37.6. The number of nitrogens with zero attached hydrogens (tertiary/aromatic N) is 2. The molecule has 2 aliphatic heterocycles. The second-order valence-corrected chi connectivity index (χ2v) is 19.6. The number of benzene rings is 9. The minimum absolute atomic E-state index is 0.0348. The van der Waals surface area contributed by atoms with Crippen molar-refractivity contribution in [2.75, 3.05) is 37.8 Å². The molecule has 2 heterocycles. The van der Waals surface area contributed by atoms with Crippen molar-refractivity contribution in [2.45, 2.75) is 30.6 Å². The summed E-state index contributed by atoms with van der Waals surface area (Å²) in [6.07, 6.45) is 21.2. The third kappa shape index (κ3) is 8.42. The highest BCUT2D eigenvalue weighted by Crippen LogP contribution is 2.53. The van der Waals surface area contributed by atoms with Crippen molar-refractivity contribution in [3.05, 3.63) is 240 Å². The van der Waals surface area contributed by atoms with Crippen molar-refractivity contribution in [2.24, 2.45) is 0 Å². The first-order valence-corrected chi connectivity index (χ1v) is 25.7. The molecule has 2 aliphatic rings. The fourth-order valence-corrected chi connectivity index (χ4v) is 11.7. The van der Waals surface area contributed by atoms with E-state index in [1.165, 1.54) is 0 Å². The number of amides is 2. The van der Waals surface area contributed by atoms with Gasteiger partial charge in [0.15, 0.2) is 0 Å². The molecule has 0 bridgehead atoms. The zero-order chi connectivity index (χ0) is 53.3. The number of hydrogen-bond donors (Lipinski definition) is 0. The van der Waals surface area contributed by atoms with Gasteiger partial charge in [-0.1, -0.05) is 146 Å². The third-order valence-electron chi connectivity index (χ3n) is 15.2. The van der Waals surface area contributed by atoms with Gasteiger partial charge in [-0.2, -0.15) is 0 Å². The zero-order valence-corrected chi connectivity index (χ0v) is 42.9. The van der Waals surface area contributed by atoms with E-state index in [0.717, 1.165) is 87.7 Å². The van der Waals surface area contributed by atoms with Crippen molar-refractivity contribution >= 4 is 60.6 Å². The number of unbranched alkanes of at least 4 members (excludes halogenated alkanes) is 1. The number of rotatable bonds is 17. The van der Waals surface area contributed by atoms with Crippen molar-refractivity contribution < 1.29 is 23.8 Å². The van der Waals surface area contributed by atoms with Crippen LogP contribution in [0.5, 0.6) is 17.2 Å². The largest absolute Gasteiger partial charge is 0.481 e. The average molecular weight is 1000 g/mol. The molecule has 0 saturated carbocycles. The van der Waals surface area contributed by atoms with E-state index in [9.17, 15) is 0 Å². The summed E-state index contributed by atoms with van der Waals surface area (Å²) in [7, 11) is 0. The van der Waals surface area contributed by atoms with Gasteiger partial charge < -0.3 is 24.0 Å². The molecule has 0 radical (unpaired) electrons. The van der Waals surface area contributed by atoms with Gasteiger partial charge in [0.05, 0.1) is 0 Å². The molecule has 11 rings (SSSR count). The molecule has 374 valence electrons. The van der Waals surface area contributed by atoms with Crippen LogP contribution in [0.1, 0.15) is 46.2 Å². The summed E-state index contributed by atoms with van der Waals surface area (Å²) in [5.74, 6) is 9.45. The highest BCUT2D eigenvalue weighted by molar-refractivity contribution is 6.14. The maximum atomic E-state index is 16.0. The topological polar surface area (TPSA) is 68.3 Å². The maximum absolute atomic E-state index is 16.0. The Morgan fingerprint density at radius 2 is 0.857 bits per heavy atom. The third-order valence-corrected chi connectivity index (χ3v) is 15.2. The molecule has 1 atom stereocenters. The van der Waals surface area contributed by atoms with E-state index in [0.29, 0.717) is 48.9 Å². The molecule has 0 fully saturated rings. The van der Waals surface area contributed by atoms with E-state index in [1.54, 1.807) is 12.2 Å². The molecule has 9 aromatic carbocycles. The zero-order valence-electron chi connectivity index (χ0n) is 42.9. The number of allylic oxidation sites excluding steroid dienone is 2. The van der Waals surface area contributed by atoms with Crippen LogP contribution in [-0.4, -0.2) is 49.6 Å². The minimum atomic E-state index is -1.30. The van der Waals surface area contributed by atoms with Crippen LogP contribution in [0.2, 0.25) is 0 Å². The predicted molar refractivity (Wildman–Crippen MR) is 311 cm³/mol. The van der Waals surface area contributed by atoms with Gasteiger partial charge in [-0.05, 0) is 163 Å². The monoisotopic (exact) mass is 1000 g/mol. The predicted octanol–water partition coefficient (Wildman–Crippen LogP) is 13.6. The lowest BCUT2D eigenvalue weighted by atomic mass is 9.68. The molecule has 0 saturated heterocycles. The Labute approximate surface area is 449 Å². The summed E-state index contributed by atoms with van der Waals surface area (Å²) in [4.78, 5) is 35.7. The summed E-state index contributed by atoms with van der Waals surface area (Å²) in [5.41, 5.74) is 5.18. The maximum Gasteiger partial charge on any atom is 0.246 e. The van der Waals surface area contributed by atoms with Crippen LogP contribution in [0.15, 0.2) is 206 Å². The van der Waals surface area contributed by atoms with Crippen LogP contribution in [-0.2, 0) is 20.4 Å². The molecule has 7 heteroatoms. The van der Waals surface area contributed by atoms with Gasteiger partial charge in [0.25, 0.3) is 0 Å². The number of carbonyl (C=O) groups excluding carboxylic acids is 2. The first-order valence-electron chi connectivity index (χ1n) is 25.7. The molecule has 2 amide bonds. The van der Waals surface area contributed by atoms with Crippen molar-refractivity contribution in [3.63, 3.8) is 0 Å². The second-order valence-electron chi connectivity index (χ2n) is 19.6. The van der Waals surface area contributed by atoms with Gasteiger partial charge in [-0.15, -0.1) is 19.3 Å². The van der Waals surface area contributed by atoms with Crippen LogP contribution in [0.4, 0.5) is 5.69 Å². The number of ether oxygens (including phenoxy) is 3. The molecule has 77 heavy (non-hydrogen) atoms. The van der Waals surface area contributed by atoms with Gasteiger partial charge in [0.1, 0.15) is 47.9 Å². The standard InChI is InChI=1S/C70H54N2O5/c1-7-36-75-60-31-24-50-41-56(28-21-53(50)44-60)69(57-29-22-54-45-61(76-37-8-2)32-25-51(54)42-57)63(10-4)65(11-5)71(67(69)73)34-14-15-35-72-66-17-13-12-16-64(66)70(68(72)74,58-27-20-48-39-47(6)18-19-49(48)40-58)59-30-23-55-46-62(77-38-9-3)33-26-52(55)43-59/h1-3,10-13,16-33,39-46H,4-5,14-15,34-38H2,6H3. The molecule has 7 nitrogen and oxygen atoms in total. The quantitative estimate of drug-likeness (QED) is 0.0671. The number of para-hydroxylation sites is 1. The SMILES string of the molecule is C#CCOc1ccc2cc(C3(c4ccc5cc(OCC#C)ccc5c4)C(=O)N(CCCCN4C(=O)C(c5ccc6cc(C)ccc6c5)(c5ccc6cc(OCC#C)ccc6c5)c5ccccc54)C(C=C)=C3C=C)ccc2c1. The van der Waals surface area contributed by atoms with E-state index >= 15 is 9.59 Å². The highest BCUT2D eigenvalue weighted by Gasteiger charge is 2.55. The Morgan fingerprint density at radius 1 is 0.468 bits per heavy atom. The van der Waals surface area contributed by atoms with Crippen molar-refractivity contribution in [3.8, 4) is 54.3 Å². The summed E-state index contributed by atoms with van der Waals surface area (Å²) in [5, 5.41) is 7.82. The molecular weight excluding hydrogens is 949 g/mol. The number of anilines is 1. The van der Waals surface area contributed by atoms with E-state index in [4.69, 9.17) is 33.5 Å². The number of aryl methyl sites for hydroxylation is 1. The lowest BCUT2D eigenvalue weighted by molar-refractivity contribution is -0.130. The Bertz CT molecular complexity index is 3970. The van der Waals surface area contributed by atoms with Crippen molar-refractivity contribution in [1.29, 1.82) is 0 Å². The summed E-state index contributed by atoms with van der Waals surface area (Å²) in [6.45, 7) is 12.0. The van der Waals surface area contributed by atoms with Crippen LogP contribution in [0.3, 0.4) is 0 Å². The van der Waals surface area contributed by atoms with Crippen molar-refractivity contribution in [1.82, 2.24) is 4.90 Å². The summed E-state index contributed by atoms with van der Waals surface area (Å²) < 4.78 is 17.3. The van der Waals surface area contributed by atoms with Crippen LogP contribution in [0.25, 0.3) is 43.1 Å². The number of fused-ring (bicyclic) bond motifs is 5. The van der Waals surface area contributed by atoms with Gasteiger partial charge in [-0.25, -0.2) is 0 Å². The Hall–Kier alpha value is -9.74. The first kappa shape index (κ1) is 49.5. The molecular formula is C70H54N2O5. The van der Waals surface area contributed by atoms with Crippen LogP contribution >= 0.6 is 0 Å². The lowest BCUT2D eigenvalue weighted by Crippen LogP contribution is -2.43. The molecule has 0 aromatic heterocycles. The number of hydrogen-bond acceptors (Lipinski definition) is 5. The van der Waals surface area contributed by atoms with Gasteiger partial charge in [0, 0.05) is 30.0 Å². The second kappa shape index (κ2) is 20.5. The van der Waals surface area contributed by atoms with E-state index in [-0.39, 0.29) is 31.6 Å². The Kier molecular flexibility index (Phi) is 13.2. The molecule has 0 spiro atoms. The number of carbonyl (C=O) groups is 2. The average Bonchev–Trinajstić information content (AvgIpc) is 4.14. The molecule has 1 unspecified atom stereocenters. The Balaban J connectivity index is 0.947. The fraction of sp³-hybridized carbons (Fsp3) is 0.143. The van der Waals surface area contributed by atoms with Crippen LogP contribution < -0.4 is 19.1 Å². The minimum Gasteiger partial charge on any atom is -0.481 e. The van der Waals surface area contributed by atoms with Gasteiger partial charge in [-0.3, -0.25) is 9.59 Å². The van der Waals surface area contributed by atoms with E-state index in [1.807, 2.05) is 107 Å². The molecule has 0 N–H and O–H groups in total. The van der Waals surface area contributed by atoms with Gasteiger partial charge in [0.2, 0.25) is 11.8 Å². The Morgan fingerprint density at radius 3 is 1.31 bits per heavy atom. The fourth-order valence-electron chi connectivity index (χ4n) is 11.7. The smallest absolute Gasteiger partial charge is 0.246 e. The molecule has 0 aliphatic carbocycles. The number of terminal acetylenes is 3. The van der Waals surface area contributed by atoms with Gasteiger partial charge >= 0.3 is 0 Å². The summed E-state index contributed by atoms with van der Waals surface area (Å²) >= 11 is 0. The normalized spacial score (nSPS) is 15.6. The van der Waals surface area contributed by atoms with Crippen LogP contribution in [0, 0.1) is 44.0 Å². The van der Waals surface area contributed by atoms with E-state index < -0.39 is 10.8 Å². The molecule has 9 aromatic rings. The lowest BCUT2D eigenvalue weighted by Gasteiger charge is -2.32. The summed E-state index contributed by atoms with van der Waals surface area (Å²) in [6, 6.07) is 57.0.